The van der Waals surface area contributed by atoms with Crippen molar-refractivity contribution in [2.75, 3.05) is 27.2 Å². The maximum atomic E-state index is 13.2. The van der Waals surface area contributed by atoms with E-state index in [4.69, 9.17) is 4.74 Å². The van der Waals surface area contributed by atoms with Gasteiger partial charge in [-0.15, -0.1) is 0 Å². The molecule has 1 amide bonds. The van der Waals surface area contributed by atoms with Crippen LogP contribution in [0, 0.1) is 6.92 Å². The number of benzene rings is 3. The fourth-order valence-corrected chi connectivity index (χ4v) is 4.55. The molecule has 3 aromatic carbocycles. The molecule has 3 aromatic rings. The Bertz CT molecular complexity index is 1290. The average Bonchev–Trinajstić information content (AvgIpc) is 3.12. The first-order valence-corrected chi connectivity index (χ1v) is 12.5. The number of carbonyl (C=O) groups excluding carboxylic acids is 2. The largest absolute Gasteiger partial charge is 0.507 e. The van der Waals surface area contributed by atoms with Crippen LogP contribution in [0.5, 0.6) is 5.75 Å². The Balaban J connectivity index is 1.70. The van der Waals surface area contributed by atoms with Gasteiger partial charge in [-0.3, -0.25) is 9.59 Å². The normalized spacial score (nSPS) is 17.1. The monoisotopic (exact) mass is 548 g/mol. The molecular formula is C29H29BrN2O4. The summed E-state index contributed by atoms with van der Waals surface area (Å²) in [6, 6.07) is 22.0. The number of carbonyl (C=O) groups is 2. The minimum atomic E-state index is -0.678. The minimum Gasteiger partial charge on any atom is -0.507 e. The Labute approximate surface area is 219 Å². The number of ether oxygens (including phenoxy) is 1. The Morgan fingerprint density at radius 3 is 2.36 bits per heavy atom. The van der Waals surface area contributed by atoms with Crippen LogP contribution in [0.1, 0.15) is 28.3 Å². The molecule has 0 radical (unpaired) electrons. The molecule has 0 spiro atoms. The zero-order chi connectivity index (χ0) is 25.8. The number of halogens is 1. The number of ketones is 1. The van der Waals surface area contributed by atoms with Crippen LogP contribution in [0.3, 0.4) is 0 Å². The van der Waals surface area contributed by atoms with Crippen molar-refractivity contribution < 1.29 is 19.4 Å². The Morgan fingerprint density at radius 1 is 1.03 bits per heavy atom. The molecule has 0 bridgehead atoms. The van der Waals surface area contributed by atoms with Crippen LogP contribution >= 0.6 is 15.9 Å². The van der Waals surface area contributed by atoms with Gasteiger partial charge in [-0.05, 0) is 68.0 Å². The summed E-state index contributed by atoms with van der Waals surface area (Å²) >= 11 is 3.44. The first kappa shape index (κ1) is 25.7. The maximum absolute atomic E-state index is 13.2. The first-order valence-electron chi connectivity index (χ1n) is 11.7. The molecule has 1 aliphatic rings. The number of nitrogens with zero attached hydrogens (tertiary/aromatic N) is 2. The Morgan fingerprint density at radius 2 is 1.72 bits per heavy atom. The molecule has 1 atom stereocenters. The summed E-state index contributed by atoms with van der Waals surface area (Å²) in [5.41, 5.74) is 3.15. The van der Waals surface area contributed by atoms with E-state index in [1.54, 1.807) is 17.0 Å². The molecule has 6 nitrogen and oxygen atoms in total. The lowest BCUT2D eigenvalue weighted by Crippen LogP contribution is -2.35. The van der Waals surface area contributed by atoms with E-state index >= 15 is 0 Å². The van der Waals surface area contributed by atoms with Gasteiger partial charge in [-0.2, -0.15) is 0 Å². The summed E-state index contributed by atoms with van der Waals surface area (Å²) in [5, 5.41) is 11.4. The van der Waals surface area contributed by atoms with Crippen molar-refractivity contribution in [3.05, 3.63) is 105 Å². The number of Topliss-reactive ketones (excluding diaryl/α,β-unsaturated/α-hetero) is 1. The number of hydrogen-bond donors (Lipinski definition) is 1. The van der Waals surface area contributed by atoms with E-state index in [-0.39, 0.29) is 11.3 Å². The van der Waals surface area contributed by atoms with Crippen molar-refractivity contribution in [1.29, 1.82) is 0 Å². The van der Waals surface area contributed by atoms with Gasteiger partial charge in [0.1, 0.15) is 18.1 Å². The predicted molar refractivity (Wildman–Crippen MR) is 144 cm³/mol. The van der Waals surface area contributed by atoms with Crippen molar-refractivity contribution in [2.24, 2.45) is 0 Å². The molecule has 7 heteroatoms. The average molecular weight is 549 g/mol. The maximum Gasteiger partial charge on any atom is 0.295 e. The molecule has 1 aliphatic heterocycles. The molecule has 36 heavy (non-hydrogen) atoms. The van der Waals surface area contributed by atoms with E-state index in [0.717, 1.165) is 21.2 Å². The second-order valence-electron chi connectivity index (χ2n) is 9.10. The molecule has 4 rings (SSSR count). The first-order chi connectivity index (χ1) is 17.3. The van der Waals surface area contributed by atoms with Crippen molar-refractivity contribution in [1.82, 2.24) is 9.80 Å². The summed E-state index contributed by atoms with van der Waals surface area (Å²) in [7, 11) is 3.83. The summed E-state index contributed by atoms with van der Waals surface area (Å²) < 4.78 is 6.80. The van der Waals surface area contributed by atoms with Crippen molar-refractivity contribution in [3.63, 3.8) is 0 Å². The highest BCUT2D eigenvalue weighted by atomic mass is 79.9. The lowest BCUT2D eigenvalue weighted by molar-refractivity contribution is -0.140. The fraction of sp³-hybridized carbons (Fsp3) is 0.241. The molecule has 1 saturated heterocycles. The Kier molecular flexibility index (Phi) is 7.91. The van der Waals surface area contributed by atoms with Crippen molar-refractivity contribution in [3.8, 4) is 5.75 Å². The molecular weight excluding hydrogens is 520 g/mol. The lowest BCUT2D eigenvalue weighted by Gasteiger charge is -2.26. The van der Waals surface area contributed by atoms with Crippen LogP contribution in [0.15, 0.2) is 82.8 Å². The van der Waals surface area contributed by atoms with Crippen LogP contribution in [0.4, 0.5) is 0 Å². The number of aliphatic hydroxyl groups is 1. The molecule has 1 N–H and O–H groups in total. The quantitative estimate of drug-likeness (QED) is 0.234. The number of aryl methyl sites for hydroxylation is 1. The Hall–Kier alpha value is -3.42. The van der Waals surface area contributed by atoms with E-state index in [2.05, 4.69) is 15.9 Å². The van der Waals surface area contributed by atoms with Crippen LogP contribution in [0.25, 0.3) is 5.76 Å². The zero-order valence-electron chi connectivity index (χ0n) is 20.6. The van der Waals surface area contributed by atoms with E-state index < -0.39 is 17.7 Å². The molecule has 186 valence electrons. The van der Waals surface area contributed by atoms with E-state index in [9.17, 15) is 14.7 Å². The number of likely N-dealkylation sites (tertiary alicyclic amines) is 1. The van der Waals surface area contributed by atoms with Crippen LogP contribution in [0.2, 0.25) is 0 Å². The second kappa shape index (κ2) is 11.1. The number of rotatable bonds is 8. The molecule has 0 aliphatic carbocycles. The molecule has 1 fully saturated rings. The van der Waals surface area contributed by atoms with Gasteiger partial charge in [0.25, 0.3) is 11.7 Å². The molecule has 0 saturated carbocycles. The predicted octanol–water partition coefficient (Wildman–Crippen LogP) is 5.32. The van der Waals surface area contributed by atoms with Crippen LogP contribution < -0.4 is 4.74 Å². The third-order valence-corrected chi connectivity index (χ3v) is 6.74. The molecule has 0 unspecified atom stereocenters. The van der Waals surface area contributed by atoms with Gasteiger partial charge in [0.05, 0.1) is 11.6 Å². The van der Waals surface area contributed by atoms with E-state index in [1.807, 2.05) is 86.6 Å². The van der Waals surface area contributed by atoms with Crippen LogP contribution in [-0.2, 0) is 16.2 Å². The number of aliphatic hydroxyl groups excluding tert-OH is 1. The summed E-state index contributed by atoms with van der Waals surface area (Å²) in [6.07, 6.45) is 0. The SMILES string of the molecule is Cc1cc(OCc2ccccc2)ccc1C(O)=C1C(=O)C(=O)N(CCN(C)C)[C@H]1c1ccc(Br)cc1. The van der Waals surface area contributed by atoms with Gasteiger partial charge in [-0.25, -0.2) is 0 Å². The summed E-state index contributed by atoms with van der Waals surface area (Å²) in [6.45, 7) is 3.22. The van der Waals surface area contributed by atoms with E-state index in [1.165, 1.54) is 0 Å². The molecule has 0 aromatic heterocycles. The smallest absolute Gasteiger partial charge is 0.295 e. The highest BCUT2D eigenvalue weighted by Gasteiger charge is 2.46. The van der Waals surface area contributed by atoms with Gasteiger partial charge < -0.3 is 19.6 Å². The third-order valence-electron chi connectivity index (χ3n) is 6.22. The molecule has 1 heterocycles. The summed E-state index contributed by atoms with van der Waals surface area (Å²) in [5.74, 6) is -0.806. The highest BCUT2D eigenvalue weighted by Crippen LogP contribution is 2.40. The standard InChI is InChI=1S/C29H29BrN2O4/c1-19-17-23(36-18-20-7-5-4-6-8-20)13-14-24(19)27(33)25-26(21-9-11-22(30)12-10-21)32(16-15-31(2)3)29(35)28(25)34/h4-14,17,26,33H,15-16,18H2,1-3H3/t26-/m0/s1. The fourth-order valence-electron chi connectivity index (χ4n) is 4.29. The second-order valence-corrected chi connectivity index (χ2v) is 10.0. The summed E-state index contributed by atoms with van der Waals surface area (Å²) in [4.78, 5) is 29.8. The van der Waals surface area contributed by atoms with Gasteiger partial charge in [0, 0.05) is 23.1 Å². The van der Waals surface area contributed by atoms with Crippen molar-refractivity contribution >= 4 is 33.4 Å². The topological polar surface area (TPSA) is 70.1 Å². The van der Waals surface area contributed by atoms with Gasteiger partial charge in [0.2, 0.25) is 0 Å². The third kappa shape index (κ3) is 5.53. The van der Waals surface area contributed by atoms with Crippen LogP contribution in [-0.4, -0.2) is 53.8 Å². The van der Waals surface area contributed by atoms with Gasteiger partial charge in [-0.1, -0.05) is 58.4 Å². The van der Waals surface area contributed by atoms with Gasteiger partial charge in [0.15, 0.2) is 0 Å². The zero-order valence-corrected chi connectivity index (χ0v) is 22.2. The highest BCUT2D eigenvalue weighted by molar-refractivity contribution is 9.10. The van der Waals surface area contributed by atoms with Gasteiger partial charge >= 0.3 is 0 Å². The van der Waals surface area contributed by atoms with Crippen molar-refractivity contribution in [2.45, 2.75) is 19.6 Å². The van der Waals surface area contributed by atoms with E-state index in [0.29, 0.717) is 31.0 Å². The number of hydrogen-bond acceptors (Lipinski definition) is 5. The minimum absolute atomic E-state index is 0.0992. The number of likely N-dealkylation sites (N-methyl/N-ethyl adjacent to an activating group) is 1. The number of amides is 1. The lowest BCUT2D eigenvalue weighted by atomic mass is 9.94.